The van der Waals surface area contributed by atoms with Crippen molar-refractivity contribution >= 4 is 11.8 Å². The van der Waals surface area contributed by atoms with Gasteiger partial charge in [0.25, 0.3) is 5.91 Å². The summed E-state index contributed by atoms with van der Waals surface area (Å²) in [7, 11) is 0. The van der Waals surface area contributed by atoms with Gasteiger partial charge in [-0.1, -0.05) is 19.9 Å². The van der Waals surface area contributed by atoms with Crippen LogP contribution in [0.1, 0.15) is 30.6 Å². The first-order chi connectivity index (χ1) is 13.0. The van der Waals surface area contributed by atoms with E-state index in [1.54, 1.807) is 48.0 Å². The minimum Gasteiger partial charge on any atom is -0.351 e. The lowest BCUT2D eigenvalue weighted by atomic mass is 10.00. The summed E-state index contributed by atoms with van der Waals surface area (Å²) in [5, 5.41) is 2.83. The first-order valence-corrected chi connectivity index (χ1v) is 9.10. The normalized spacial score (nSPS) is 11.8. The molecular weight excluding hydrogens is 342 g/mol. The number of nitrogens with one attached hydrogen (secondary N) is 1. The molecule has 2 heterocycles. The average molecular weight is 369 g/mol. The van der Waals surface area contributed by atoms with Crippen molar-refractivity contribution in [1.82, 2.24) is 24.8 Å². The molecule has 0 aliphatic heterocycles. The second-order valence-electron chi connectivity index (χ2n) is 6.61. The van der Waals surface area contributed by atoms with Gasteiger partial charge in [0.15, 0.2) is 0 Å². The van der Waals surface area contributed by atoms with E-state index in [-0.39, 0.29) is 17.7 Å². The van der Waals surface area contributed by atoms with E-state index in [4.69, 9.17) is 0 Å². The van der Waals surface area contributed by atoms with Crippen LogP contribution in [0.2, 0.25) is 0 Å². The molecule has 144 valence electrons. The van der Waals surface area contributed by atoms with Gasteiger partial charge < -0.3 is 14.8 Å². The Bertz CT molecular complexity index is 728. The fourth-order valence-electron chi connectivity index (χ4n) is 2.95. The van der Waals surface area contributed by atoms with Gasteiger partial charge in [-0.05, 0) is 24.5 Å². The standard InChI is InChI=1S/C20H27N5O2/c1-4-8-23-19(26)18(16(2)3)25(13-5-12-24-14-11-22-15-24)20(27)17-6-9-21-10-7-17/h4,6-7,9-11,14-16,18H,1,5,8,12-13H2,2-3H3,(H,23,26). The van der Waals surface area contributed by atoms with Gasteiger partial charge in [-0.2, -0.15) is 0 Å². The van der Waals surface area contributed by atoms with Crippen molar-refractivity contribution in [2.24, 2.45) is 5.92 Å². The van der Waals surface area contributed by atoms with Crippen LogP contribution in [0.25, 0.3) is 0 Å². The third kappa shape index (κ3) is 5.77. The highest BCUT2D eigenvalue weighted by Gasteiger charge is 2.32. The van der Waals surface area contributed by atoms with Crippen molar-refractivity contribution in [2.45, 2.75) is 32.9 Å². The SMILES string of the molecule is C=CCNC(=O)C(C(C)C)N(CCCn1ccnc1)C(=O)c1ccncc1. The summed E-state index contributed by atoms with van der Waals surface area (Å²) in [5.74, 6) is -0.376. The minimum atomic E-state index is -0.562. The molecule has 0 saturated carbocycles. The number of hydrogen-bond donors (Lipinski definition) is 1. The molecule has 1 atom stereocenters. The summed E-state index contributed by atoms with van der Waals surface area (Å²) in [6.45, 7) is 9.08. The Hall–Kier alpha value is -2.96. The number of rotatable bonds is 10. The van der Waals surface area contributed by atoms with Gasteiger partial charge in [-0.3, -0.25) is 14.6 Å². The summed E-state index contributed by atoms with van der Waals surface area (Å²) in [6.07, 6.45) is 10.9. The Kier molecular flexibility index (Phi) is 7.73. The summed E-state index contributed by atoms with van der Waals surface area (Å²) in [5.41, 5.74) is 0.523. The molecule has 7 nitrogen and oxygen atoms in total. The zero-order valence-electron chi connectivity index (χ0n) is 15.9. The first kappa shape index (κ1) is 20.4. The molecule has 27 heavy (non-hydrogen) atoms. The molecule has 1 unspecified atom stereocenters. The van der Waals surface area contributed by atoms with Crippen molar-refractivity contribution in [3.63, 3.8) is 0 Å². The molecule has 1 N–H and O–H groups in total. The van der Waals surface area contributed by atoms with Crippen LogP contribution >= 0.6 is 0 Å². The van der Waals surface area contributed by atoms with Crippen molar-refractivity contribution in [3.8, 4) is 0 Å². The smallest absolute Gasteiger partial charge is 0.254 e. The van der Waals surface area contributed by atoms with Crippen LogP contribution in [-0.2, 0) is 11.3 Å². The highest BCUT2D eigenvalue weighted by molar-refractivity contribution is 5.97. The maximum Gasteiger partial charge on any atom is 0.254 e. The van der Waals surface area contributed by atoms with E-state index in [1.807, 2.05) is 24.6 Å². The highest BCUT2D eigenvalue weighted by Crippen LogP contribution is 2.16. The molecule has 0 bridgehead atoms. The number of aryl methyl sites for hydroxylation is 1. The van der Waals surface area contributed by atoms with E-state index in [1.165, 1.54) is 0 Å². The molecule has 2 amide bonds. The number of aromatic nitrogens is 3. The Morgan fingerprint density at radius 2 is 2.00 bits per heavy atom. The van der Waals surface area contributed by atoms with Crippen molar-refractivity contribution < 1.29 is 9.59 Å². The molecule has 2 aromatic heterocycles. The van der Waals surface area contributed by atoms with E-state index in [0.29, 0.717) is 25.1 Å². The molecule has 0 aromatic carbocycles. The summed E-state index contributed by atoms with van der Waals surface area (Å²) < 4.78 is 1.96. The van der Waals surface area contributed by atoms with E-state index in [0.717, 1.165) is 6.54 Å². The van der Waals surface area contributed by atoms with Gasteiger partial charge in [0, 0.05) is 50.0 Å². The largest absolute Gasteiger partial charge is 0.351 e. The molecule has 0 spiro atoms. The molecule has 2 aromatic rings. The quantitative estimate of drug-likeness (QED) is 0.651. The van der Waals surface area contributed by atoms with Crippen LogP contribution < -0.4 is 5.32 Å². The number of imidazole rings is 1. The van der Waals surface area contributed by atoms with E-state index >= 15 is 0 Å². The van der Waals surface area contributed by atoms with E-state index in [2.05, 4.69) is 21.9 Å². The molecule has 0 aliphatic carbocycles. The Morgan fingerprint density at radius 3 is 2.59 bits per heavy atom. The maximum atomic E-state index is 13.1. The monoisotopic (exact) mass is 369 g/mol. The van der Waals surface area contributed by atoms with Gasteiger partial charge in [0.1, 0.15) is 6.04 Å². The Balaban J connectivity index is 2.20. The number of amides is 2. The van der Waals surface area contributed by atoms with E-state index in [9.17, 15) is 9.59 Å². The molecule has 2 rings (SSSR count). The van der Waals surface area contributed by atoms with Crippen LogP contribution in [-0.4, -0.2) is 50.4 Å². The van der Waals surface area contributed by atoms with Crippen LogP contribution in [0.15, 0.2) is 55.9 Å². The third-order valence-corrected chi connectivity index (χ3v) is 4.22. The lowest BCUT2D eigenvalue weighted by Crippen LogP contribution is -2.52. The predicted octanol–water partition coefficient (Wildman–Crippen LogP) is 2.14. The van der Waals surface area contributed by atoms with Crippen molar-refractivity contribution in [1.29, 1.82) is 0 Å². The van der Waals surface area contributed by atoms with Crippen molar-refractivity contribution in [3.05, 3.63) is 61.5 Å². The summed E-state index contributed by atoms with van der Waals surface area (Å²) in [4.78, 5) is 35.5. The van der Waals surface area contributed by atoms with Gasteiger partial charge in [0.2, 0.25) is 5.91 Å². The van der Waals surface area contributed by atoms with Gasteiger partial charge >= 0.3 is 0 Å². The Labute approximate surface area is 160 Å². The molecule has 7 heteroatoms. The fourth-order valence-corrected chi connectivity index (χ4v) is 2.95. The number of hydrogen-bond acceptors (Lipinski definition) is 4. The van der Waals surface area contributed by atoms with Crippen LogP contribution in [0, 0.1) is 5.92 Å². The first-order valence-electron chi connectivity index (χ1n) is 9.10. The second-order valence-corrected chi connectivity index (χ2v) is 6.61. The highest BCUT2D eigenvalue weighted by atomic mass is 16.2. The molecule has 0 radical (unpaired) electrons. The molecule has 0 saturated heterocycles. The minimum absolute atomic E-state index is 0.0335. The van der Waals surface area contributed by atoms with E-state index < -0.39 is 6.04 Å². The van der Waals surface area contributed by atoms with Crippen molar-refractivity contribution in [2.75, 3.05) is 13.1 Å². The van der Waals surface area contributed by atoms with Crippen LogP contribution in [0.4, 0.5) is 0 Å². The summed E-state index contributed by atoms with van der Waals surface area (Å²) >= 11 is 0. The lowest BCUT2D eigenvalue weighted by Gasteiger charge is -2.33. The zero-order chi connectivity index (χ0) is 19.6. The number of pyridine rings is 1. The number of carbonyl (C=O) groups excluding carboxylic acids is 2. The lowest BCUT2D eigenvalue weighted by molar-refractivity contribution is -0.126. The topological polar surface area (TPSA) is 80.1 Å². The third-order valence-electron chi connectivity index (χ3n) is 4.22. The van der Waals surface area contributed by atoms with Crippen LogP contribution in [0.3, 0.4) is 0 Å². The molecule has 0 aliphatic rings. The van der Waals surface area contributed by atoms with Crippen LogP contribution in [0.5, 0.6) is 0 Å². The zero-order valence-corrected chi connectivity index (χ0v) is 15.9. The molecular formula is C20H27N5O2. The fraction of sp³-hybridized carbons (Fsp3) is 0.400. The average Bonchev–Trinajstić information content (AvgIpc) is 3.18. The second kappa shape index (κ2) is 10.3. The number of carbonyl (C=O) groups is 2. The van der Waals surface area contributed by atoms with Gasteiger partial charge in [0.05, 0.1) is 6.33 Å². The predicted molar refractivity (Wildman–Crippen MR) is 104 cm³/mol. The number of nitrogens with zero attached hydrogens (tertiary/aromatic N) is 4. The molecule has 0 fully saturated rings. The van der Waals surface area contributed by atoms with Gasteiger partial charge in [-0.25, -0.2) is 4.98 Å². The summed E-state index contributed by atoms with van der Waals surface area (Å²) in [6, 6.07) is 2.78. The van der Waals surface area contributed by atoms with Gasteiger partial charge in [-0.15, -0.1) is 6.58 Å². The maximum absolute atomic E-state index is 13.1. The Morgan fingerprint density at radius 1 is 1.26 bits per heavy atom.